The molecule has 2 aromatic rings. The average Bonchev–Trinajstić information content (AvgIpc) is 2.53. The van der Waals surface area contributed by atoms with Crippen LogP contribution in [0, 0.1) is 5.82 Å². The van der Waals surface area contributed by atoms with Gasteiger partial charge in [-0.15, -0.1) is 11.6 Å². The molecule has 0 aromatic heterocycles. The smallest absolute Gasteiger partial charge is 0.251 e. The predicted molar refractivity (Wildman–Crippen MR) is 80.1 cm³/mol. The lowest BCUT2D eigenvalue weighted by atomic mass is 10.1. The molecule has 2 rings (SSSR count). The number of methoxy groups -OCH3 is 1. The molecule has 1 amide bonds. The summed E-state index contributed by atoms with van der Waals surface area (Å²) < 4.78 is 18.4. The lowest BCUT2D eigenvalue weighted by Gasteiger charge is -2.07. The van der Waals surface area contributed by atoms with E-state index in [4.69, 9.17) is 16.3 Å². The first-order valence-electron chi connectivity index (χ1n) is 6.39. The Hall–Kier alpha value is -2.07. The molecule has 3 nitrogen and oxygen atoms in total. The Kier molecular flexibility index (Phi) is 5.17. The van der Waals surface area contributed by atoms with Gasteiger partial charge in [-0.3, -0.25) is 4.79 Å². The van der Waals surface area contributed by atoms with Gasteiger partial charge in [-0.05, 0) is 29.3 Å². The molecule has 0 fully saturated rings. The summed E-state index contributed by atoms with van der Waals surface area (Å²) in [4.78, 5) is 12.0. The number of nitrogens with one attached hydrogen (secondary N) is 1. The highest BCUT2D eigenvalue weighted by molar-refractivity contribution is 6.17. The maximum Gasteiger partial charge on any atom is 0.251 e. The van der Waals surface area contributed by atoms with E-state index in [2.05, 4.69) is 5.32 Å². The molecule has 0 radical (unpaired) electrons. The zero-order chi connectivity index (χ0) is 15.2. The Morgan fingerprint density at radius 3 is 2.43 bits per heavy atom. The van der Waals surface area contributed by atoms with Crippen LogP contribution < -0.4 is 10.1 Å². The first kappa shape index (κ1) is 15.3. The van der Waals surface area contributed by atoms with Crippen molar-refractivity contribution < 1.29 is 13.9 Å². The highest BCUT2D eigenvalue weighted by Gasteiger charge is 2.09. The normalized spacial score (nSPS) is 10.2. The fourth-order valence-electron chi connectivity index (χ4n) is 1.84. The summed E-state index contributed by atoms with van der Waals surface area (Å²) in [5, 5.41) is 2.74. The van der Waals surface area contributed by atoms with Crippen LogP contribution in [0.25, 0.3) is 0 Å². The molecule has 1 N–H and O–H groups in total. The Balaban J connectivity index is 1.99. The summed E-state index contributed by atoms with van der Waals surface area (Å²) in [5.41, 5.74) is 2.22. The monoisotopic (exact) mass is 307 g/mol. The fourth-order valence-corrected chi connectivity index (χ4v) is 2.02. The molecule has 0 saturated heterocycles. The van der Waals surface area contributed by atoms with Crippen LogP contribution in [-0.4, -0.2) is 13.0 Å². The zero-order valence-corrected chi connectivity index (χ0v) is 12.3. The van der Waals surface area contributed by atoms with Gasteiger partial charge < -0.3 is 10.1 Å². The number of ether oxygens (including phenoxy) is 1. The second kappa shape index (κ2) is 7.09. The number of hydrogen-bond acceptors (Lipinski definition) is 2. The van der Waals surface area contributed by atoms with E-state index in [0.717, 1.165) is 17.2 Å². The van der Waals surface area contributed by atoms with Crippen molar-refractivity contribution in [2.45, 2.75) is 12.4 Å². The molecule has 5 heteroatoms. The van der Waals surface area contributed by atoms with Gasteiger partial charge in [0.2, 0.25) is 0 Å². The van der Waals surface area contributed by atoms with Crippen molar-refractivity contribution >= 4 is 17.5 Å². The van der Waals surface area contributed by atoms with Crippen molar-refractivity contribution in [1.29, 1.82) is 0 Å². The standard InChI is InChI=1S/C16H15ClFNO2/c1-21-15-7-6-13(8-14(15)18)16(20)19-10-12-4-2-11(9-17)3-5-12/h2-8H,9-10H2,1H3,(H,19,20). The minimum absolute atomic E-state index is 0.114. The maximum atomic E-state index is 13.5. The molecule has 0 aliphatic rings. The quantitative estimate of drug-likeness (QED) is 0.859. The number of halogens is 2. The Morgan fingerprint density at radius 2 is 1.86 bits per heavy atom. The Labute approximate surface area is 127 Å². The van der Waals surface area contributed by atoms with Crippen molar-refractivity contribution in [2.75, 3.05) is 7.11 Å². The van der Waals surface area contributed by atoms with Gasteiger partial charge in [0.15, 0.2) is 11.6 Å². The summed E-state index contributed by atoms with van der Waals surface area (Å²) in [6.45, 7) is 0.370. The summed E-state index contributed by atoms with van der Waals surface area (Å²) in [7, 11) is 1.38. The molecule has 0 atom stereocenters. The zero-order valence-electron chi connectivity index (χ0n) is 11.5. The number of alkyl halides is 1. The fraction of sp³-hybridized carbons (Fsp3) is 0.188. The molecule has 110 valence electrons. The Bertz CT molecular complexity index is 629. The van der Waals surface area contributed by atoms with E-state index in [1.165, 1.54) is 19.2 Å². The number of carbonyl (C=O) groups is 1. The van der Waals surface area contributed by atoms with Crippen molar-refractivity contribution in [1.82, 2.24) is 5.32 Å². The van der Waals surface area contributed by atoms with Crippen LogP contribution in [0.3, 0.4) is 0 Å². The molecule has 0 unspecified atom stereocenters. The molecule has 0 spiro atoms. The second-order valence-electron chi connectivity index (χ2n) is 4.48. The topological polar surface area (TPSA) is 38.3 Å². The SMILES string of the molecule is COc1ccc(C(=O)NCc2ccc(CCl)cc2)cc1F. The number of amides is 1. The Morgan fingerprint density at radius 1 is 1.19 bits per heavy atom. The molecule has 0 bridgehead atoms. The van der Waals surface area contributed by atoms with Crippen LogP contribution in [0.15, 0.2) is 42.5 Å². The third kappa shape index (κ3) is 3.95. The highest BCUT2D eigenvalue weighted by atomic mass is 35.5. The van der Waals surface area contributed by atoms with Gasteiger partial charge in [0.05, 0.1) is 7.11 Å². The van der Waals surface area contributed by atoms with E-state index < -0.39 is 5.82 Å². The van der Waals surface area contributed by atoms with Crippen molar-refractivity contribution in [3.8, 4) is 5.75 Å². The summed E-state index contributed by atoms with van der Waals surface area (Å²) in [6.07, 6.45) is 0. The van der Waals surface area contributed by atoms with E-state index in [-0.39, 0.29) is 17.2 Å². The highest BCUT2D eigenvalue weighted by Crippen LogP contribution is 2.17. The van der Waals surface area contributed by atoms with E-state index >= 15 is 0 Å². The van der Waals surface area contributed by atoms with Crippen LogP contribution in [0.4, 0.5) is 4.39 Å². The molecule has 2 aromatic carbocycles. The first-order chi connectivity index (χ1) is 10.1. The van der Waals surface area contributed by atoms with E-state index in [1.54, 1.807) is 0 Å². The molecule has 0 saturated carbocycles. The molecule has 0 heterocycles. The van der Waals surface area contributed by atoms with E-state index in [1.807, 2.05) is 24.3 Å². The maximum absolute atomic E-state index is 13.5. The number of rotatable bonds is 5. The third-order valence-electron chi connectivity index (χ3n) is 3.04. The minimum Gasteiger partial charge on any atom is -0.494 e. The van der Waals surface area contributed by atoms with Gasteiger partial charge in [-0.25, -0.2) is 4.39 Å². The summed E-state index contributed by atoms with van der Waals surface area (Å²) in [5.74, 6) is -0.324. The van der Waals surface area contributed by atoms with Gasteiger partial charge in [-0.1, -0.05) is 24.3 Å². The van der Waals surface area contributed by atoms with Crippen LogP contribution in [0.5, 0.6) is 5.75 Å². The lowest BCUT2D eigenvalue weighted by Crippen LogP contribution is -2.22. The lowest BCUT2D eigenvalue weighted by molar-refractivity contribution is 0.0950. The van der Waals surface area contributed by atoms with Gasteiger partial charge in [0, 0.05) is 18.0 Å². The van der Waals surface area contributed by atoms with Crippen LogP contribution >= 0.6 is 11.6 Å². The number of hydrogen-bond donors (Lipinski definition) is 1. The molecule has 21 heavy (non-hydrogen) atoms. The molecule has 0 aliphatic heterocycles. The van der Waals surface area contributed by atoms with Crippen molar-refractivity contribution in [3.63, 3.8) is 0 Å². The van der Waals surface area contributed by atoms with Crippen LogP contribution in [0.1, 0.15) is 21.5 Å². The summed E-state index contributed by atoms with van der Waals surface area (Å²) in [6, 6.07) is 11.7. The van der Waals surface area contributed by atoms with Gasteiger partial charge >= 0.3 is 0 Å². The number of benzene rings is 2. The number of carbonyl (C=O) groups excluding carboxylic acids is 1. The van der Waals surface area contributed by atoms with Crippen molar-refractivity contribution in [2.24, 2.45) is 0 Å². The third-order valence-corrected chi connectivity index (χ3v) is 3.35. The van der Waals surface area contributed by atoms with Gasteiger partial charge in [-0.2, -0.15) is 0 Å². The van der Waals surface area contributed by atoms with Gasteiger partial charge in [0.25, 0.3) is 5.91 Å². The molecule has 0 aliphatic carbocycles. The largest absolute Gasteiger partial charge is 0.494 e. The van der Waals surface area contributed by atoms with E-state index in [9.17, 15) is 9.18 Å². The minimum atomic E-state index is -0.559. The van der Waals surface area contributed by atoms with Crippen LogP contribution in [-0.2, 0) is 12.4 Å². The summed E-state index contributed by atoms with van der Waals surface area (Å²) >= 11 is 5.71. The average molecular weight is 308 g/mol. The predicted octanol–water partition coefficient (Wildman–Crippen LogP) is 3.50. The first-order valence-corrected chi connectivity index (χ1v) is 6.93. The van der Waals surface area contributed by atoms with Crippen molar-refractivity contribution in [3.05, 3.63) is 65.0 Å². The van der Waals surface area contributed by atoms with Gasteiger partial charge in [0.1, 0.15) is 0 Å². The molecular weight excluding hydrogens is 293 g/mol. The van der Waals surface area contributed by atoms with Crippen LogP contribution in [0.2, 0.25) is 0 Å². The molecular formula is C16H15ClFNO2. The second-order valence-corrected chi connectivity index (χ2v) is 4.75. The van der Waals surface area contributed by atoms with E-state index in [0.29, 0.717) is 12.4 Å².